The molecule has 5 unspecified atom stereocenters. The Morgan fingerprint density at radius 2 is 1.65 bits per heavy atom. The average Bonchev–Trinajstić information content (AvgIpc) is 2.59. The molecular formula is C14H25NO2. The maximum Gasteiger partial charge on any atom is 0.306 e. The molecule has 1 aliphatic carbocycles. The number of rotatable bonds is 2. The summed E-state index contributed by atoms with van der Waals surface area (Å²) in [5.41, 5.74) is 0. The molecule has 1 saturated heterocycles. The first-order valence-corrected chi connectivity index (χ1v) is 7.01. The molecule has 0 bridgehead atoms. The second-order valence-corrected chi connectivity index (χ2v) is 6.12. The molecule has 17 heavy (non-hydrogen) atoms. The highest BCUT2D eigenvalue weighted by Crippen LogP contribution is 2.37. The van der Waals surface area contributed by atoms with Gasteiger partial charge in [0, 0.05) is 18.1 Å². The largest absolute Gasteiger partial charge is 0.481 e. The molecule has 1 saturated carbocycles. The Morgan fingerprint density at radius 3 is 2.12 bits per heavy atom. The van der Waals surface area contributed by atoms with Crippen LogP contribution in [-0.2, 0) is 4.79 Å². The summed E-state index contributed by atoms with van der Waals surface area (Å²) in [6.45, 7) is 6.87. The number of carboxylic acids is 1. The molecule has 0 aromatic rings. The zero-order valence-corrected chi connectivity index (χ0v) is 11.2. The molecular weight excluding hydrogens is 214 g/mol. The summed E-state index contributed by atoms with van der Waals surface area (Å²) in [6, 6.07) is 1.97. The Labute approximate surface area is 104 Å². The quantitative estimate of drug-likeness (QED) is 0.805. The van der Waals surface area contributed by atoms with E-state index in [0.29, 0.717) is 24.0 Å². The maximum absolute atomic E-state index is 11.0. The molecule has 3 nitrogen and oxygen atoms in total. The molecule has 1 heterocycles. The van der Waals surface area contributed by atoms with Crippen LogP contribution < -0.4 is 0 Å². The number of carbonyl (C=O) groups is 1. The van der Waals surface area contributed by atoms with E-state index in [2.05, 4.69) is 25.7 Å². The van der Waals surface area contributed by atoms with Gasteiger partial charge in [-0.05, 0) is 51.9 Å². The summed E-state index contributed by atoms with van der Waals surface area (Å²) in [4.78, 5) is 13.7. The number of likely N-dealkylation sites (tertiary alicyclic amines) is 1. The SMILES string of the molecule is CC1CC(C(=O)O)CCC1N1C(C)CCC1C. The Balaban J connectivity index is 2.01. The van der Waals surface area contributed by atoms with Crippen molar-refractivity contribution >= 4 is 5.97 Å². The first kappa shape index (κ1) is 12.9. The minimum absolute atomic E-state index is 0.102. The van der Waals surface area contributed by atoms with E-state index in [0.717, 1.165) is 19.3 Å². The van der Waals surface area contributed by atoms with Crippen molar-refractivity contribution in [2.24, 2.45) is 11.8 Å². The number of nitrogens with zero attached hydrogens (tertiary/aromatic N) is 1. The number of aliphatic carboxylic acids is 1. The van der Waals surface area contributed by atoms with Gasteiger partial charge in [0.2, 0.25) is 0 Å². The van der Waals surface area contributed by atoms with Crippen molar-refractivity contribution < 1.29 is 9.90 Å². The summed E-state index contributed by atoms with van der Waals surface area (Å²) in [6.07, 6.45) is 5.38. The molecule has 1 N–H and O–H groups in total. The van der Waals surface area contributed by atoms with Crippen LogP contribution in [0.4, 0.5) is 0 Å². The van der Waals surface area contributed by atoms with Gasteiger partial charge in [0.1, 0.15) is 0 Å². The summed E-state index contributed by atoms with van der Waals surface area (Å²) < 4.78 is 0. The van der Waals surface area contributed by atoms with E-state index in [4.69, 9.17) is 5.11 Å². The van der Waals surface area contributed by atoms with E-state index < -0.39 is 5.97 Å². The van der Waals surface area contributed by atoms with Crippen molar-refractivity contribution in [3.8, 4) is 0 Å². The van der Waals surface area contributed by atoms with Gasteiger partial charge in [-0.3, -0.25) is 9.69 Å². The second-order valence-electron chi connectivity index (χ2n) is 6.12. The molecule has 0 aromatic carbocycles. The van der Waals surface area contributed by atoms with Gasteiger partial charge in [0.15, 0.2) is 0 Å². The fourth-order valence-electron chi connectivity index (χ4n) is 3.92. The third kappa shape index (κ3) is 2.49. The van der Waals surface area contributed by atoms with Gasteiger partial charge in [-0.2, -0.15) is 0 Å². The van der Waals surface area contributed by atoms with E-state index in [1.165, 1.54) is 12.8 Å². The first-order chi connectivity index (χ1) is 8.00. The highest BCUT2D eigenvalue weighted by atomic mass is 16.4. The number of carboxylic acid groups (broad SMARTS) is 1. The van der Waals surface area contributed by atoms with Gasteiger partial charge in [-0.1, -0.05) is 6.92 Å². The standard InChI is InChI=1S/C14H25NO2/c1-9-8-12(14(16)17)6-7-13(9)15-10(2)4-5-11(15)3/h9-13H,4-8H2,1-3H3,(H,16,17). The van der Waals surface area contributed by atoms with Crippen LogP contribution in [0.3, 0.4) is 0 Å². The molecule has 5 atom stereocenters. The van der Waals surface area contributed by atoms with Crippen LogP contribution in [0.15, 0.2) is 0 Å². The predicted molar refractivity (Wildman–Crippen MR) is 67.9 cm³/mol. The van der Waals surface area contributed by atoms with Crippen molar-refractivity contribution in [2.45, 2.75) is 71.0 Å². The summed E-state index contributed by atoms with van der Waals surface area (Å²) in [5, 5.41) is 9.10. The van der Waals surface area contributed by atoms with Gasteiger partial charge < -0.3 is 5.11 Å². The second kappa shape index (κ2) is 4.97. The van der Waals surface area contributed by atoms with Crippen LogP contribution in [0.5, 0.6) is 0 Å². The van der Waals surface area contributed by atoms with Crippen LogP contribution in [0.1, 0.15) is 52.9 Å². The zero-order valence-electron chi connectivity index (χ0n) is 11.2. The van der Waals surface area contributed by atoms with Crippen LogP contribution in [-0.4, -0.2) is 34.1 Å². The van der Waals surface area contributed by atoms with Gasteiger partial charge in [-0.15, -0.1) is 0 Å². The first-order valence-electron chi connectivity index (χ1n) is 7.01. The number of hydrogen-bond donors (Lipinski definition) is 1. The molecule has 0 spiro atoms. The predicted octanol–water partition coefficient (Wildman–Crippen LogP) is 2.75. The van der Waals surface area contributed by atoms with Gasteiger partial charge in [-0.25, -0.2) is 0 Å². The van der Waals surface area contributed by atoms with Crippen LogP contribution in [0.2, 0.25) is 0 Å². The fourth-order valence-corrected chi connectivity index (χ4v) is 3.92. The van der Waals surface area contributed by atoms with Crippen LogP contribution in [0.25, 0.3) is 0 Å². The Kier molecular flexibility index (Phi) is 3.76. The third-order valence-corrected chi connectivity index (χ3v) is 4.88. The Bertz CT molecular complexity index is 282. The molecule has 1 aliphatic heterocycles. The van der Waals surface area contributed by atoms with Crippen molar-refractivity contribution in [3.05, 3.63) is 0 Å². The van der Waals surface area contributed by atoms with Gasteiger partial charge in [0.25, 0.3) is 0 Å². The minimum Gasteiger partial charge on any atom is -0.481 e. The van der Waals surface area contributed by atoms with Gasteiger partial charge in [0.05, 0.1) is 5.92 Å². The van der Waals surface area contributed by atoms with Crippen molar-refractivity contribution in [2.75, 3.05) is 0 Å². The van der Waals surface area contributed by atoms with E-state index in [1.807, 2.05) is 0 Å². The average molecular weight is 239 g/mol. The number of hydrogen-bond acceptors (Lipinski definition) is 2. The summed E-state index contributed by atoms with van der Waals surface area (Å²) >= 11 is 0. The van der Waals surface area contributed by atoms with E-state index in [1.54, 1.807) is 0 Å². The Hall–Kier alpha value is -0.570. The molecule has 0 aromatic heterocycles. The Morgan fingerprint density at radius 1 is 1.06 bits per heavy atom. The summed E-state index contributed by atoms with van der Waals surface area (Å²) in [7, 11) is 0. The van der Waals surface area contributed by atoms with E-state index in [9.17, 15) is 4.79 Å². The normalized spacial score (nSPS) is 43.8. The van der Waals surface area contributed by atoms with Crippen LogP contribution in [0, 0.1) is 11.8 Å². The highest BCUT2D eigenvalue weighted by Gasteiger charge is 2.39. The zero-order chi connectivity index (χ0) is 12.6. The fraction of sp³-hybridized carbons (Fsp3) is 0.929. The molecule has 2 aliphatic rings. The van der Waals surface area contributed by atoms with E-state index >= 15 is 0 Å². The molecule has 2 fully saturated rings. The van der Waals surface area contributed by atoms with Gasteiger partial charge >= 0.3 is 5.97 Å². The molecule has 98 valence electrons. The lowest BCUT2D eigenvalue weighted by atomic mass is 9.78. The minimum atomic E-state index is -0.599. The summed E-state index contributed by atoms with van der Waals surface area (Å²) in [5.74, 6) is -0.180. The molecule has 2 rings (SSSR count). The third-order valence-electron chi connectivity index (χ3n) is 4.88. The van der Waals surface area contributed by atoms with E-state index in [-0.39, 0.29) is 5.92 Å². The van der Waals surface area contributed by atoms with Crippen molar-refractivity contribution in [1.82, 2.24) is 4.90 Å². The molecule has 3 heteroatoms. The van der Waals surface area contributed by atoms with Crippen molar-refractivity contribution in [3.63, 3.8) is 0 Å². The monoisotopic (exact) mass is 239 g/mol. The van der Waals surface area contributed by atoms with Crippen LogP contribution >= 0.6 is 0 Å². The maximum atomic E-state index is 11.0. The topological polar surface area (TPSA) is 40.5 Å². The lowest BCUT2D eigenvalue weighted by molar-refractivity contribution is -0.144. The lowest BCUT2D eigenvalue weighted by Gasteiger charge is -2.42. The molecule has 0 amide bonds. The lowest BCUT2D eigenvalue weighted by Crippen LogP contribution is -2.48. The van der Waals surface area contributed by atoms with Crippen molar-refractivity contribution in [1.29, 1.82) is 0 Å². The molecule has 0 radical (unpaired) electrons. The highest BCUT2D eigenvalue weighted by molar-refractivity contribution is 5.70. The smallest absolute Gasteiger partial charge is 0.306 e.